The van der Waals surface area contributed by atoms with Gasteiger partial charge < -0.3 is 9.84 Å². The van der Waals surface area contributed by atoms with Gasteiger partial charge in [-0.2, -0.15) is 0 Å². The zero-order valence-corrected chi connectivity index (χ0v) is 14.2. The fraction of sp³-hybridized carbons (Fsp3) is 0.684. The van der Waals surface area contributed by atoms with Crippen molar-refractivity contribution in [3.05, 3.63) is 29.3 Å². The van der Waals surface area contributed by atoms with Crippen molar-refractivity contribution >= 4 is 0 Å². The molecule has 0 radical (unpaired) electrons. The van der Waals surface area contributed by atoms with E-state index in [1.165, 1.54) is 5.56 Å². The van der Waals surface area contributed by atoms with Gasteiger partial charge in [-0.15, -0.1) is 0 Å². The normalized spacial score (nSPS) is 26.7. The zero-order chi connectivity index (χ0) is 15.7. The van der Waals surface area contributed by atoms with Gasteiger partial charge in [0.05, 0.1) is 12.7 Å². The van der Waals surface area contributed by atoms with E-state index < -0.39 is 5.60 Å². The first-order valence-corrected chi connectivity index (χ1v) is 8.09. The number of aryl methyl sites for hydroxylation is 1. The van der Waals surface area contributed by atoms with Gasteiger partial charge in [-0.3, -0.25) is 0 Å². The van der Waals surface area contributed by atoms with E-state index in [2.05, 4.69) is 39.8 Å². The molecule has 0 atom stereocenters. The lowest BCUT2D eigenvalue weighted by atomic mass is 9.67. The molecule has 1 aliphatic rings. The third kappa shape index (κ3) is 4.00. The largest absolute Gasteiger partial charge is 0.496 e. The van der Waals surface area contributed by atoms with Crippen molar-refractivity contribution in [3.8, 4) is 5.75 Å². The quantitative estimate of drug-likeness (QED) is 0.887. The Balaban J connectivity index is 2.08. The predicted octanol–water partition coefficient (Wildman–Crippen LogP) is 4.51. The molecule has 1 aliphatic carbocycles. The highest BCUT2D eigenvalue weighted by Crippen LogP contribution is 2.43. The van der Waals surface area contributed by atoms with Gasteiger partial charge in [0.15, 0.2) is 0 Å². The van der Waals surface area contributed by atoms with Crippen molar-refractivity contribution in [2.24, 2.45) is 11.3 Å². The highest BCUT2D eigenvalue weighted by Gasteiger charge is 2.37. The molecule has 1 aromatic carbocycles. The van der Waals surface area contributed by atoms with Gasteiger partial charge in [-0.25, -0.2) is 0 Å². The molecule has 21 heavy (non-hydrogen) atoms. The van der Waals surface area contributed by atoms with E-state index in [0.717, 1.165) is 42.9 Å². The van der Waals surface area contributed by atoms with Crippen LogP contribution < -0.4 is 4.74 Å². The van der Waals surface area contributed by atoms with Crippen LogP contribution in [0.4, 0.5) is 0 Å². The van der Waals surface area contributed by atoms with Crippen LogP contribution in [0.15, 0.2) is 18.2 Å². The summed E-state index contributed by atoms with van der Waals surface area (Å²) in [5.41, 5.74) is 2.14. The number of hydrogen-bond acceptors (Lipinski definition) is 2. The molecule has 0 aliphatic heterocycles. The van der Waals surface area contributed by atoms with Gasteiger partial charge in [0.25, 0.3) is 0 Å². The zero-order valence-electron chi connectivity index (χ0n) is 14.2. The molecule has 2 heteroatoms. The molecule has 0 bridgehead atoms. The monoisotopic (exact) mass is 290 g/mol. The fourth-order valence-electron chi connectivity index (χ4n) is 3.60. The van der Waals surface area contributed by atoms with Crippen molar-refractivity contribution < 1.29 is 9.84 Å². The molecule has 0 heterocycles. The van der Waals surface area contributed by atoms with E-state index >= 15 is 0 Å². The highest BCUT2D eigenvalue weighted by atomic mass is 16.5. The van der Waals surface area contributed by atoms with Crippen LogP contribution in [0.2, 0.25) is 0 Å². The van der Waals surface area contributed by atoms with Crippen LogP contribution in [0.25, 0.3) is 0 Å². The molecule has 0 amide bonds. The maximum Gasteiger partial charge on any atom is 0.122 e. The number of methoxy groups -OCH3 is 1. The summed E-state index contributed by atoms with van der Waals surface area (Å²) in [7, 11) is 1.70. The van der Waals surface area contributed by atoms with Crippen LogP contribution in [-0.2, 0) is 6.42 Å². The second-order valence-corrected chi connectivity index (χ2v) is 7.86. The first-order valence-electron chi connectivity index (χ1n) is 8.09. The first kappa shape index (κ1) is 16.4. The van der Waals surface area contributed by atoms with E-state index in [1.807, 2.05) is 6.07 Å². The molecule has 0 unspecified atom stereocenters. The third-order valence-corrected chi connectivity index (χ3v) is 5.10. The van der Waals surface area contributed by atoms with Gasteiger partial charge in [-0.05, 0) is 55.6 Å². The summed E-state index contributed by atoms with van der Waals surface area (Å²) in [6.07, 6.45) is 4.73. The van der Waals surface area contributed by atoms with Crippen LogP contribution in [0.3, 0.4) is 0 Å². The molecular weight excluding hydrogens is 260 g/mol. The molecule has 118 valence electrons. The molecule has 1 aromatic rings. The molecule has 0 saturated heterocycles. The fourth-order valence-corrected chi connectivity index (χ4v) is 3.60. The maximum absolute atomic E-state index is 11.0. The SMILES string of the molecule is COc1ccc(C)cc1CC1(O)CCC(C(C)(C)C)CC1. The van der Waals surface area contributed by atoms with Crippen molar-refractivity contribution in [2.45, 2.75) is 65.4 Å². The summed E-state index contributed by atoms with van der Waals surface area (Å²) in [4.78, 5) is 0. The average Bonchev–Trinajstić information content (AvgIpc) is 2.38. The van der Waals surface area contributed by atoms with Crippen LogP contribution in [0.1, 0.15) is 57.6 Å². The van der Waals surface area contributed by atoms with E-state index in [-0.39, 0.29) is 0 Å². The Kier molecular flexibility index (Phi) is 4.67. The number of benzene rings is 1. The average molecular weight is 290 g/mol. The number of rotatable bonds is 3. The molecule has 1 N–H and O–H groups in total. The first-order chi connectivity index (χ1) is 9.73. The smallest absolute Gasteiger partial charge is 0.122 e. The van der Waals surface area contributed by atoms with Crippen molar-refractivity contribution in [2.75, 3.05) is 7.11 Å². The van der Waals surface area contributed by atoms with Crippen LogP contribution in [0.5, 0.6) is 5.75 Å². The van der Waals surface area contributed by atoms with Crippen LogP contribution >= 0.6 is 0 Å². The standard InChI is InChI=1S/C19H30O2/c1-14-6-7-17(21-5)15(12-14)13-19(20)10-8-16(9-11-19)18(2,3)4/h6-7,12,16,20H,8-11,13H2,1-5H3. The molecular formula is C19H30O2. The lowest BCUT2D eigenvalue weighted by Gasteiger charge is -2.41. The Hall–Kier alpha value is -1.02. The van der Waals surface area contributed by atoms with Gasteiger partial charge >= 0.3 is 0 Å². The topological polar surface area (TPSA) is 29.5 Å². The van der Waals surface area contributed by atoms with E-state index in [9.17, 15) is 5.11 Å². The lowest BCUT2D eigenvalue weighted by Crippen LogP contribution is -2.39. The number of aliphatic hydroxyl groups is 1. The summed E-state index contributed by atoms with van der Waals surface area (Å²) >= 11 is 0. The Bertz CT molecular complexity index is 477. The minimum absolute atomic E-state index is 0.350. The van der Waals surface area contributed by atoms with E-state index in [1.54, 1.807) is 7.11 Å². The third-order valence-electron chi connectivity index (χ3n) is 5.10. The minimum atomic E-state index is -0.567. The summed E-state index contributed by atoms with van der Waals surface area (Å²) in [6, 6.07) is 6.21. The Morgan fingerprint density at radius 3 is 2.38 bits per heavy atom. The lowest BCUT2D eigenvalue weighted by molar-refractivity contribution is -0.0248. The molecule has 2 rings (SSSR count). The summed E-state index contributed by atoms with van der Waals surface area (Å²) < 4.78 is 5.45. The van der Waals surface area contributed by atoms with Crippen LogP contribution in [0, 0.1) is 18.3 Å². The summed E-state index contributed by atoms with van der Waals surface area (Å²) in [6.45, 7) is 9.02. The second kappa shape index (κ2) is 6.00. The van der Waals surface area contributed by atoms with Crippen molar-refractivity contribution in [1.29, 1.82) is 0 Å². The minimum Gasteiger partial charge on any atom is -0.496 e. The van der Waals surface area contributed by atoms with Gasteiger partial charge in [0, 0.05) is 6.42 Å². The molecule has 1 fully saturated rings. The van der Waals surface area contributed by atoms with Crippen molar-refractivity contribution in [1.82, 2.24) is 0 Å². The second-order valence-electron chi connectivity index (χ2n) is 7.86. The van der Waals surface area contributed by atoms with Crippen LogP contribution in [-0.4, -0.2) is 17.8 Å². The summed E-state index contributed by atoms with van der Waals surface area (Å²) in [5, 5.41) is 11.0. The number of hydrogen-bond donors (Lipinski definition) is 1. The Morgan fingerprint density at radius 1 is 1.24 bits per heavy atom. The maximum atomic E-state index is 11.0. The molecule has 0 aromatic heterocycles. The number of ether oxygens (including phenoxy) is 1. The molecule has 1 saturated carbocycles. The molecule has 0 spiro atoms. The van der Waals surface area contributed by atoms with E-state index in [0.29, 0.717) is 11.8 Å². The molecule has 2 nitrogen and oxygen atoms in total. The summed E-state index contributed by atoms with van der Waals surface area (Å²) in [5.74, 6) is 1.61. The van der Waals surface area contributed by atoms with E-state index in [4.69, 9.17) is 4.74 Å². The predicted molar refractivity (Wildman–Crippen MR) is 87.8 cm³/mol. The van der Waals surface area contributed by atoms with Gasteiger partial charge in [-0.1, -0.05) is 38.5 Å². The van der Waals surface area contributed by atoms with Gasteiger partial charge in [0.2, 0.25) is 0 Å². The highest BCUT2D eigenvalue weighted by molar-refractivity contribution is 5.38. The van der Waals surface area contributed by atoms with Crippen molar-refractivity contribution in [3.63, 3.8) is 0 Å². The van der Waals surface area contributed by atoms with Gasteiger partial charge in [0.1, 0.15) is 5.75 Å². The Morgan fingerprint density at radius 2 is 1.86 bits per heavy atom. The Labute approximate surface area is 129 Å².